The summed E-state index contributed by atoms with van der Waals surface area (Å²) in [6, 6.07) is 8.57. The second kappa shape index (κ2) is 5.96. The van der Waals surface area contributed by atoms with E-state index in [-0.39, 0.29) is 5.91 Å². The predicted molar refractivity (Wildman–Crippen MR) is 94.5 cm³/mol. The van der Waals surface area contributed by atoms with Crippen molar-refractivity contribution in [2.75, 3.05) is 31.1 Å². The Labute approximate surface area is 142 Å². The maximum Gasteiger partial charge on any atom is 0.274 e. The fourth-order valence-electron chi connectivity index (χ4n) is 3.92. The van der Waals surface area contributed by atoms with Gasteiger partial charge in [0.15, 0.2) is 5.69 Å². The fraction of sp³-hybridized carbons (Fsp3) is 0.474. The van der Waals surface area contributed by atoms with Crippen molar-refractivity contribution in [2.45, 2.75) is 26.2 Å². The monoisotopic (exact) mass is 324 g/mol. The highest BCUT2D eigenvalue weighted by Crippen LogP contribution is 2.26. The van der Waals surface area contributed by atoms with Crippen LogP contribution >= 0.6 is 0 Å². The van der Waals surface area contributed by atoms with Gasteiger partial charge >= 0.3 is 0 Å². The van der Waals surface area contributed by atoms with Crippen LogP contribution in [0.4, 0.5) is 5.69 Å². The Morgan fingerprint density at radius 2 is 1.92 bits per heavy atom. The minimum absolute atomic E-state index is 0.109. The third-order valence-electron chi connectivity index (χ3n) is 5.25. The summed E-state index contributed by atoms with van der Waals surface area (Å²) in [6.45, 7) is 5.40. The molecule has 0 saturated carbocycles. The molecule has 1 aliphatic heterocycles. The Morgan fingerprint density at radius 3 is 2.67 bits per heavy atom. The van der Waals surface area contributed by atoms with E-state index in [1.807, 2.05) is 16.6 Å². The van der Waals surface area contributed by atoms with Crippen LogP contribution in [0.3, 0.4) is 0 Å². The quantitative estimate of drug-likeness (QED) is 0.850. The number of rotatable bonds is 2. The molecule has 5 heteroatoms. The molecule has 126 valence electrons. The predicted octanol–water partition coefficient (Wildman–Crippen LogP) is 2.18. The summed E-state index contributed by atoms with van der Waals surface area (Å²) in [4.78, 5) is 17.2. The molecule has 5 nitrogen and oxygen atoms in total. The molecule has 1 aliphatic carbocycles. The van der Waals surface area contributed by atoms with Crippen LogP contribution in [0.5, 0.6) is 0 Å². The van der Waals surface area contributed by atoms with Crippen molar-refractivity contribution in [3.8, 4) is 0 Å². The lowest BCUT2D eigenvalue weighted by atomic mass is 10.1. The largest absolute Gasteiger partial charge is 0.368 e. The summed E-state index contributed by atoms with van der Waals surface area (Å²) in [5.74, 6) is 0.109. The Kier molecular flexibility index (Phi) is 3.79. The van der Waals surface area contributed by atoms with Gasteiger partial charge in [-0.25, -0.2) is 0 Å². The third kappa shape index (κ3) is 2.58. The first-order valence-electron chi connectivity index (χ1n) is 8.79. The van der Waals surface area contributed by atoms with Crippen LogP contribution in [-0.2, 0) is 19.9 Å². The van der Waals surface area contributed by atoms with Gasteiger partial charge in [0.25, 0.3) is 5.91 Å². The molecule has 0 bridgehead atoms. The number of nitrogens with zero attached hydrogens (tertiary/aromatic N) is 4. The van der Waals surface area contributed by atoms with E-state index in [1.165, 1.54) is 22.5 Å². The Balaban J connectivity index is 1.46. The second-order valence-electron chi connectivity index (χ2n) is 6.87. The highest BCUT2D eigenvalue weighted by atomic mass is 16.2. The molecule has 2 aromatic rings. The van der Waals surface area contributed by atoms with Gasteiger partial charge in [0.2, 0.25) is 0 Å². The molecule has 0 N–H and O–H groups in total. The molecule has 24 heavy (non-hydrogen) atoms. The minimum Gasteiger partial charge on any atom is -0.368 e. The summed E-state index contributed by atoms with van der Waals surface area (Å²) in [7, 11) is 1.95. The number of fused-ring (bicyclic) bond motifs is 1. The van der Waals surface area contributed by atoms with Gasteiger partial charge in [-0.05, 0) is 43.9 Å². The van der Waals surface area contributed by atoms with Crippen molar-refractivity contribution in [3.63, 3.8) is 0 Å². The number of hydrogen-bond acceptors (Lipinski definition) is 3. The van der Waals surface area contributed by atoms with Gasteiger partial charge in [-0.3, -0.25) is 9.48 Å². The maximum atomic E-state index is 12.9. The number of carbonyl (C=O) groups is 1. The van der Waals surface area contributed by atoms with Gasteiger partial charge in [0, 0.05) is 50.2 Å². The molecular formula is C19H24N4O. The number of amides is 1. The van der Waals surface area contributed by atoms with Crippen molar-refractivity contribution in [2.24, 2.45) is 7.05 Å². The normalized spacial score (nSPS) is 17.2. The number of hydrogen-bond donors (Lipinski definition) is 0. The van der Waals surface area contributed by atoms with Gasteiger partial charge in [-0.2, -0.15) is 5.10 Å². The van der Waals surface area contributed by atoms with Gasteiger partial charge < -0.3 is 9.80 Å². The van der Waals surface area contributed by atoms with Crippen molar-refractivity contribution in [1.82, 2.24) is 14.7 Å². The van der Waals surface area contributed by atoms with Crippen molar-refractivity contribution in [1.29, 1.82) is 0 Å². The summed E-state index contributed by atoms with van der Waals surface area (Å²) in [5.41, 5.74) is 5.64. The van der Waals surface area contributed by atoms with E-state index in [9.17, 15) is 4.79 Å². The van der Waals surface area contributed by atoms with Crippen molar-refractivity contribution in [3.05, 3.63) is 46.8 Å². The van der Waals surface area contributed by atoms with E-state index in [0.29, 0.717) is 5.69 Å². The first-order valence-corrected chi connectivity index (χ1v) is 8.79. The van der Waals surface area contributed by atoms with Crippen LogP contribution in [0.15, 0.2) is 24.3 Å². The summed E-state index contributed by atoms with van der Waals surface area (Å²) in [5, 5.41) is 4.51. The first-order chi connectivity index (χ1) is 11.6. The lowest BCUT2D eigenvalue weighted by Gasteiger charge is -2.36. The fourth-order valence-corrected chi connectivity index (χ4v) is 3.92. The summed E-state index contributed by atoms with van der Waals surface area (Å²) in [6.07, 6.45) is 3.18. The molecule has 1 amide bonds. The van der Waals surface area contributed by atoms with Crippen LogP contribution in [0.25, 0.3) is 0 Å². The number of piperazine rings is 1. The van der Waals surface area contributed by atoms with E-state index in [2.05, 4.69) is 41.2 Å². The topological polar surface area (TPSA) is 41.4 Å². The van der Waals surface area contributed by atoms with Gasteiger partial charge in [0.1, 0.15) is 0 Å². The number of anilines is 1. The molecular weight excluding hydrogens is 300 g/mol. The van der Waals surface area contributed by atoms with Crippen LogP contribution in [-0.4, -0.2) is 46.8 Å². The standard InChI is InChI=1S/C19H24N4O/c1-14-5-3-6-15(13-14)22-9-11-23(12-10-22)19(24)18-16-7-4-8-17(16)21(2)20-18/h3,5-6,13H,4,7-12H2,1-2H3. The smallest absolute Gasteiger partial charge is 0.274 e. The Hall–Kier alpha value is -2.30. The molecule has 1 saturated heterocycles. The number of aromatic nitrogens is 2. The van der Waals surface area contributed by atoms with E-state index < -0.39 is 0 Å². The van der Waals surface area contributed by atoms with Crippen LogP contribution < -0.4 is 4.90 Å². The number of benzene rings is 1. The average molecular weight is 324 g/mol. The molecule has 1 aromatic carbocycles. The highest BCUT2D eigenvalue weighted by molar-refractivity contribution is 5.94. The summed E-state index contributed by atoms with van der Waals surface area (Å²) >= 11 is 0. The minimum atomic E-state index is 0.109. The Morgan fingerprint density at radius 1 is 1.12 bits per heavy atom. The molecule has 4 rings (SSSR count). The molecule has 0 atom stereocenters. The molecule has 0 radical (unpaired) electrons. The molecule has 2 heterocycles. The zero-order valence-electron chi connectivity index (χ0n) is 14.5. The average Bonchev–Trinajstić information content (AvgIpc) is 3.19. The third-order valence-corrected chi connectivity index (χ3v) is 5.25. The second-order valence-corrected chi connectivity index (χ2v) is 6.87. The zero-order chi connectivity index (χ0) is 16.7. The molecule has 0 unspecified atom stereocenters. The highest BCUT2D eigenvalue weighted by Gasteiger charge is 2.29. The van der Waals surface area contributed by atoms with Crippen molar-refractivity contribution < 1.29 is 4.79 Å². The lowest BCUT2D eigenvalue weighted by molar-refractivity contribution is 0.0739. The van der Waals surface area contributed by atoms with E-state index >= 15 is 0 Å². The molecule has 1 fully saturated rings. The number of carbonyl (C=O) groups excluding carboxylic acids is 1. The Bertz CT molecular complexity index is 772. The van der Waals surface area contributed by atoms with Crippen LogP contribution in [0.2, 0.25) is 0 Å². The molecule has 0 spiro atoms. The lowest BCUT2D eigenvalue weighted by Crippen LogP contribution is -2.49. The summed E-state index contributed by atoms with van der Waals surface area (Å²) < 4.78 is 1.90. The zero-order valence-corrected chi connectivity index (χ0v) is 14.5. The molecule has 2 aliphatic rings. The SMILES string of the molecule is Cc1cccc(N2CCN(C(=O)c3nn(C)c4c3CCC4)CC2)c1. The number of aryl methyl sites for hydroxylation is 2. The van der Waals surface area contributed by atoms with Crippen LogP contribution in [0, 0.1) is 6.92 Å². The first kappa shape index (κ1) is 15.2. The van der Waals surface area contributed by atoms with E-state index in [4.69, 9.17) is 0 Å². The van der Waals surface area contributed by atoms with E-state index in [0.717, 1.165) is 45.4 Å². The van der Waals surface area contributed by atoms with Gasteiger partial charge in [-0.1, -0.05) is 12.1 Å². The van der Waals surface area contributed by atoms with Gasteiger partial charge in [-0.15, -0.1) is 0 Å². The van der Waals surface area contributed by atoms with E-state index in [1.54, 1.807) is 0 Å². The van der Waals surface area contributed by atoms with Crippen molar-refractivity contribution >= 4 is 11.6 Å². The van der Waals surface area contributed by atoms with Gasteiger partial charge in [0.05, 0.1) is 0 Å². The molecule has 1 aromatic heterocycles. The van der Waals surface area contributed by atoms with Crippen LogP contribution in [0.1, 0.15) is 33.7 Å². The maximum absolute atomic E-state index is 12.9.